The summed E-state index contributed by atoms with van der Waals surface area (Å²) in [6, 6.07) is 5.82. The molecule has 100 valence electrons. The van der Waals surface area contributed by atoms with Crippen molar-refractivity contribution in [2.24, 2.45) is 10.9 Å². The Morgan fingerprint density at radius 1 is 1.53 bits per heavy atom. The van der Waals surface area contributed by atoms with Crippen molar-refractivity contribution in [3.8, 4) is 0 Å². The minimum absolute atomic E-state index is 0.103. The molecule has 0 aliphatic rings. The van der Waals surface area contributed by atoms with E-state index in [4.69, 9.17) is 10.9 Å². The smallest absolute Gasteiger partial charge is 0.174 e. The first-order chi connectivity index (χ1) is 9.13. The van der Waals surface area contributed by atoms with E-state index in [1.807, 2.05) is 32.0 Å². The molecular formula is C12H14N4OS2. The van der Waals surface area contributed by atoms with Crippen molar-refractivity contribution in [2.75, 3.05) is 0 Å². The number of oxime groups is 1. The first-order valence-corrected chi connectivity index (χ1v) is 7.32. The van der Waals surface area contributed by atoms with Crippen LogP contribution in [0, 0.1) is 6.92 Å². The third kappa shape index (κ3) is 3.24. The standard InChI is InChI=1S/C12H14N4OS2/c1-3-10-14-12(19-16-10)18-9-5-4-7(2)6-8(9)11(13)15-17/h4-6,17H,3H2,1-2H3,(H2,13,15). The topological polar surface area (TPSA) is 84.4 Å². The Kier molecular flexibility index (Phi) is 4.39. The van der Waals surface area contributed by atoms with Gasteiger partial charge in [0.25, 0.3) is 0 Å². The number of nitrogens with two attached hydrogens (primary N) is 1. The Labute approximate surface area is 119 Å². The van der Waals surface area contributed by atoms with Gasteiger partial charge in [-0.15, -0.1) is 0 Å². The van der Waals surface area contributed by atoms with E-state index in [1.165, 1.54) is 23.3 Å². The zero-order valence-corrected chi connectivity index (χ0v) is 12.3. The van der Waals surface area contributed by atoms with Crippen LogP contribution in [0.15, 0.2) is 32.6 Å². The molecule has 5 nitrogen and oxygen atoms in total. The number of aromatic nitrogens is 2. The van der Waals surface area contributed by atoms with Crippen molar-refractivity contribution in [2.45, 2.75) is 29.5 Å². The molecule has 0 unspecified atom stereocenters. The fourth-order valence-electron chi connectivity index (χ4n) is 1.50. The van der Waals surface area contributed by atoms with E-state index >= 15 is 0 Å². The lowest BCUT2D eigenvalue weighted by molar-refractivity contribution is 0.318. The number of nitrogens with zero attached hydrogens (tertiary/aromatic N) is 3. The highest BCUT2D eigenvalue weighted by Crippen LogP contribution is 2.32. The maximum Gasteiger partial charge on any atom is 0.174 e. The van der Waals surface area contributed by atoms with Gasteiger partial charge < -0.3 is 10.9 Å². The molecule has 0 saturated heterocycles. The van der Waals surface area contributed by atoms with Crippen molar-refractivity contribution in [1.82, 2.24) is 9.36 Å². The van der Waals surface area contributed by atoms with Gasteiger partial charge in [-0.05, 0) is 30.6 Å². The van der Waals surface area contributed by atoms with Crippen molar-refractivity contribution in [3.63, 3.8) is 0 Å². The van der Waals surface area contributed by atoms with Gasteiger partial charge in [0.15, 0.2) is 10.2 Å². The Bertz CT molecular complexity index is 610. The summed E-state index contributed by atoms with van der Waals surface area (Å²) in [5, 5.41) is 11.9. The molecule has 0 atom stereocenters. The van der Waals surface area contributed by atoms with Gasteiger partial charge in [0.2, 0.25) is 0 Å². The Morgan fingerprint density at radius 2 is 2.32 bits per heavy atom. The van der Waals surface area contributed by atoms with Crippen LogP contribution >= 0.6 is 23.3 Å². The van der Waals surface area contributed by atoms with E-state index < -0.39 is 0 Å². The van der Waals surface area contributed by atoms with Gasteiger partial charge in [0.1, 0.15) is 5.82 Å². The van der Waals surface area contributed by atoms with Gasteiger partial charge in [-0.2, -0.15) is 4.37 Å². The fourth-order valence-corrected chi connectivity index (χ4v) is 3.28. The third-order valence-electron chi connectivity index (χ3n) is 2.48. The highest BCUT2D eigenvalue weighted by molar-refractivity contribution is 8.01. The summed E-state index contributed by atoms with van der Waals surface area (Å²) in [4.78, 5) is 5.30. The predicted octanol–water partition coefficient (Wildman–Crippen LogP) is 2.65. The average molecular weight is 294 g/mol. The van der Waals surface area contributed by atoms with E-state index in [9.17, 15) is 0 Å². The molecule has 0 radical (unpaired) electrons. The van der Waals surface area contributed by atoms with Crippen LogP contribution in [-0.4, -0.2) is 20.4 Å². The van der Waals surface area contributed by atoms with E-state index in [2.05, 4.69) is 14.5 Å². The zero-order valence-electron chi connectivity index (χ0n) is 10.6. The molecule has 0 amide bonds. The summed E-state index contributed by atoms with van der Waals surface area (Å²) < 4.78 is 5.10. The van der Waals surface area contributed by atoms with Crippen molar-refractivity contribution >= 4 is 29.1 Å². The fraction of sp³-hybridized carbons (Fsp3) is 0.250. The molecule has 1 aromatic heterocycles. The first kappa shape index (κ1) is 13.8. The van der Waals surface area contributed by atoms with Crippen molar-refractivity contribution in [1.29, 1.82) is 0 Å². The van der Waals surface area contributed by atoms with Gasteiger partial charge in [-0.25, -0.2) is 4.98 Å². The largest absolute Gasteiger partial charge is 0.409 e. The lowest BCUT2D eigenvalue weighted by atomic mass is 10.1. The second-order valence-electron chi connectivity index (χ2n) is 3.92. The second-order valence-corrected chi connectivity index (χ2v) is 5.96. The molecule has 2 aromatic rings. The minimum Gasteiger partial charge on any atom is -0.409 e. The molecular weight excluding hydrogens is 280 g/mol. The SMILES string of the molecule is CCc1nsc(Sc2ccc(C)cc2/C(N)=N/O)n1. The highest BCUT2D eigenvalue weighted by atomic mass is 32.2. The van der Waals surface area contributed by atoms with E-state index in [1.54, 1.807) is 0 Å². The summed E-state index contributed by atoms with van der Waals surface area (Å²) in [7, 11) is 0. The maximum absolute atomic E-state index is 8.84. The Hall–Kier alpha value is -1.60. The van der Waals surface area contributed by atoms with Crippen LogP contribution < -0.4 is 5.73 Å². The predicted molar refractivity (Wildman–Crippen MR) is 77.1 cm³/mol. The average Bonchev–Trinajstić information content (AvgIpc) is 2.87. The lowest BCUT2D eigenvalue weighted by Gasteiger charge is -2.07. The summed E-state index contributed by atoms with van der Waals surface area (Å²) in [6.45, 7) is 3.98. The summed E-state index contributed by atoms with van der Waals surface area (Å²) >= 11 is 2.84. The van der Waals surface area contributed by atoms with Crippen LogP contribution in [0.1, 0.15) is 23.9 Å². The van der Waals surface area contributed by atoms with Gasteiger partial charge in [0, 0.05) is 16.9 Å². The lowest BCUT2D eigenvalue weighted by Crippen LogP contribution is -2.14. The monoisotopic (exact) mass is 294 g/mol. The van der Waals surface area contributed by atoms with Crippen LogP contribution in [0.4, 0.5) is 0 Å². The molecule has 3 N–H and O–H groups in total. The summed E-state index contributed by atoms with van der Waals surface area (Å²) in [5.41, 5.74) is 7.47. The normalized spacial score (nSPS) is 11.8. The zero-order chi connectivity index (χ0) is 13.8. The number of hydrogen-bond acceptors (Lipinski definition) is 6. The molecule has 0 spiro atoms. The highest BCUT2D eigenvalue weighted by Gasteiger charge is 2.11. The number of aryl methyl sites for hydroxylation is 2. The molecule has 19 heavy (non-hydrogen) atoms. The molecule has 1 aromatic carbocycles. The quantitative estimate of drug-likeness (QED) is 0.392. The van der Waals surface area contributed by atoms with Crippen LogP contribution in [0.2, 0.25) is 0 Å². The third-order valence-corrected chi connectivity index (χ3v) is 4.35. The van der Waals surface area contributed by atoms with Crippen molar-refractivity contribution < 1.29 is 5.21 Å². The maximum atomic E-state index is 8.84. The van der Waals surface area contributed by atoms with Gasteiger partial charge in [0.05, 0.1) is 0 Å². The molecule has 0 fully saturated rings. The first-order valence-electron chi connectivity index (χ1n) is 5.73. The summed E-state index contributed by atoms with van der Waals surface area (Å²) in [5.74, 6) is 0.941. The molecule has 7 heteroatoms. The number of rotatable bonds is 4. The van der Waals surface area contributed by atoms with Crippen molar-refractivity contribution in [3.05, 3.63) is 35.2 Å². The number of amidine groups is 1. The Morgan fingerprint density at radius 3 is 2.95 bits per heavy atom. The van der Waals surface area contributed by atoms with Gasteiger partial charge in [-0.1, -0.05) is 35.5 Å². The minimum atomic E-state index is 0.103. The summed E-state index contributed by atoms with van der Waals surface area (Å²) in [6.07, 6.45) is 0.818. The van der Waals surface area contributed by atoms with E-state index in [0.717, 1.165) is 27.0 Å². The van der Waals surface area contributed by atoms with Crippen LogP contribution in [0.3, 0.4) is 0 Å². The molecule has 0 aliphatic heterocycles. The molecule has 1 heterocycles. The molecule has 2 rings (SSSR count). The number of hydrogen-bond donors (Lipinski definition) is 2. The Balaban J connectivity index is 2.34. The molecule has 0 aliphatic carbocycles. The second kappa shape index (κ2) is 6.03. The molecule has 0 bridgehead atoms. The number of benzene rings is 1. The van der Waals surface area contributed by atoms with Crippen LogP contribution in [0.5, 0.6) is 0 Å². The van der Waals surface area contributed by atoms with Gasteiger partial charge >= 0.3 is 0 Å². The molecule has 0 saturated carbocycles. The van der Waals surface area contributed by atoms with E-state index in [-0.39, 0.29) is 5.84 Å². The van der Waals surface area contributed by atoms with Gasteiger partial charge in [-0.3, -0.25) is 0 Å². The van der Waals surface area contributed by atoms with Crippen LogP contribution in [0.25, 0.3) is 0 Å². The van der Waals surface area contributed by atoms with Crippen LogP contribution in [-0.2, 0) is 6.42 Å². The van der Waals surface area contributed by atoms with E-state index in [0.29, 0.717) is 5.56 Å².